The number of ether oxygens (including phenoxy) is 4. The van der Waals surface area contributed by atoms with E-state index in [4.69, 9.17) is 18.9 Å². The first-order valence-corrected chi connectivity index (χ1v) is 11.6. The smallest absolute Gasteiger partial charge is 0.337 e. The fourth-order valence-corrected chi connectivity index (χ4v) is 4.63. The number of anilines is 1. The summed E-state index contributed by atoms with van der Waals surface area (Å²) in [6.45, 7) is 1.82. The average Bonchev–Trinajstić information content (AvgIpc) is 2.93. The molecular weight excluding hydrogens is 478 g/mol. The molecule has 0 fully saturated rings. The molecule has 0 spiro atoms. The lowest BCUT2D eigenvalue weighted by atomic mass is 9.80. The molecule has 1 N–H and O–H groups in total. The maximum absolute atomic E-state index is 13.7. The van der Waals surface area contributed by atoms with Crippen molar-refractivity contribution in [3.05, 3.63) is 85.6 Å². The quantitative estimate of drug-likeness (QED) is 0.486. The van der Waals surface area contributed by atoms with Crippen molar-refractivity contribution >= 4 is 17.5 Å². The molecule has 1 aromatic heterocycles. The van der Waals surface area contributed by atoms with Crippen LogP contribution in [0.15, 0.2) is 57.6 Å². The fraction of sp³-hybridized carbons (Fsp3) is 0.296. The van der Waals surface area contributed by atoms with E-state index >= 15 is 0 Å². The number of nitrogens with zero attached hydrogens (tertiary/aromatic N) is 2. The Morgan fingerprint density at radius 2 is 1.68 bits per heavy atom. The molecule has 3 aromatic rings. The first-order chi connectivity index (χ1) is 17.8. The lowest BCUT2D eigenvalue weighted by molar-refractivity contribution is -0.138. The first kappa shape index (κ1) is 25.6. The number of hydrogen-bond donors (Lipinski definition) is 1. The zero-order chi connectivity index (χ0) is 26.9. The van der Waals surface area contributed by atoms with Crippen LogP contribution in [0.4, 0.5) is 5.82 Å². The summed E-state index contributed by atoms with van der Waals surface area (Å²) in [4.78, 5) is 40.2. The van der Waals surface area contributed by atoms with Crippen LogP contribution in [0.3, 0.4) is 0 Å². The van der Waals surface area contributed by atoms with Crippen molar-refractivity contribution in [1.29, 1.82) is 0 Å². The van der Waals surface area contributed by atoms with Crippen LogP contribution >= 0.6 is 0 Å². The molecule has 37 heavy (non-hydrogen) atoms. The summed E-state index contributed by atoms with van der Waals surface area (Å²) < 4.78 is 24.6. The maximum Gasteiger partial charge on any atom is 0.337 e. The van der Waals surface area contributed by atoms with Crippen LogP contribution in [0.2, 0.25) is 0 Å². The molecule has 1 atom stereocenters. The number of fused-ring (bicyclic) bond motifs is 1. The minimum atomic E-state index is -0.991. The number of benzene rings is 2. The Morgan fingerprint density at radius 3 is 2.27 bits per heavy atom. The highest BCUT2D eigenvalue weighted by Gasteiger charge is 2.41. The molecule has 2 heterocycles. The van der Waals surface area contributed by atoms with Gasteiger partial charge in [-0.15, -0.1) is 0 Å². The summed E-state index contributed by atoms with van der Waals surface area (Å²) in [6.07, 6.45) is 0. The number of methoxy groups -OCH3 is 3. The highest BCUT2D eigenvalue weighted by Crippen LogP contribution is 2.49. The van der Waals surface area contributed by atoms with E-state index in [0.717, 1.165) is 4.57 Å². The Bertz CT molecular complexity index is 1500. The largest absolute Gasteiger partial charge is 0.497 e. The third kappa shape index (κ3) is 4.24. The maximum atomic E-state index is 13.7. The van der Waals surface area contributed by atoms with Gasteiger partial charge in [0.05, 0.1) is 50.7 Å². The van der Waals surface area contributed by atoms with Crippen LogP contribution in [0.1, 0.15) is 29.5 Å². The first-order valence-electron chi connectivity index (χ1n) is 11.6. The second-order valence-electron chi connectivity index (χ2n) is 8.35. The highest BCUT2D eigenvalue weighted by atomic mass is 16.5. The monoisotopic (exact) mass is 507 g/mol. The molecule has 10 nitrogen and oxygen atoms in total. The molecule has 194 valence electrons. The van der Waals surface area contributed by atoms with Crippen molar-refractivity contribution in [2.24, 2.45) is 14.1 Å². The summed E-state index contributed by atoms with van der Waals surface area (Å²) >= 11 is 0. The number of carbonyl (C=O) groups excluding carboxylic acids is 1. The normalized spacial score (nSPS) is 14.5. The molecule has 4 rings (SSSR count). The second kappa shape index (κ2) is 10.3. The van der Waals surface area contributed by atoms with Gasteiger partial charge in [-0.1, -0.05) is 30.3 Å². The van der Waals surface area contributed by atoms with Gasteiger partial charge >= 0.3 is 11.7 Å². The van der Waals surface area contributed by atoms with Crippen molar-refractivity contribution in [3.63, 3.8) is 0 Å². The van der Waals surface area contributed by atoms with E-state index in [9.17, 15) is 14.4 Å². The molecular formula is C27H29N3O7. The summed E-state index contributed by atoms with van der Waals surface area (Å²) in [6, 6.07) is 12.5. The van der Waals surface area contributed by atoms with Gasteiger partial charge in [-0.05, 0) is 18.6 Å². The summed E-state index contributed by atoms with van der Waals surface area (Å²) in [5, 5.41) is 3.20. The molecule has 0 radical (unpaired) electrons. The van der Waals surface area contributed by atoms with Crippen LogP contribution in [-0.2, 0) is 23.6 Å². The van der Waals surface area contributed by atoms with E-state index in [1.54, 1.807) is 26.1 Å². The topological polar surface area (TPSA) is 110 Å². The number of aromatic nitrogens is 2. The van der Waals surface area contributed by atoms with Gasteiger partial charge in [0, 0.05) is 25.7 Å². The van der Waals surface area contributed by atoms with Gasteiger partial charge in [-0.2, -0.15) is 0 Å². The SMILES string of the molecule is CCOC(=O)C1=C(c2ccccc2)Nc2c(c(=O)n(C)c(=O)n2C)C1c1cc(OC)cc(OC)c1OC. The Hall–Kier alpha value is -4.47. The molecule has 1 aliphatic rings. The fourth-order valence-electron chi connectivity index (χ4n) is 4.63. The molecule has 0 amide bonds. The minimum Gasteiger partial charge on any atom is -0.497 e. The third-order valence-electron chi connectivity index (χ3n) is 6.38. The molecule has 0 saturated carbocycles. The number of hydrogen-bond acceptors (Lipinski definition) is 8. The van der Waals surface area contributed by atoms with Crippen LogP contribution in [0, 0.1) is 0 Å². The molecule has 1 unspecified atom stereocenters. The van der Waals surface area contributed by atoms with Crippen LogP contribution < -0.4 is 30.8 Å². The third-order valence-corrected chi connectivity index (χ3v) is 6.38. The summed E-state index contributed by atoms with van der Waals surface area (Å²) in [7, 11) is 7.41. The second-order valence-corrected chi connectivity index (χ2v) is 8.35. The van der Waals surface area contributed by atoms with Crippen LogP contribution in [0.5, 0.6) is 17.2 Å². The van der Waals surface area contributed by atoms with Crippen molar-refractivity contribution in [1.82, 2.24) is 9.13 Å². The van der Waals surface area contributed by atoms with E-state index in [1.807, 2.05) is 30.3 Å². The van der Waals surface area contributed by atoms with Crippen molar-refractivity contribution in [2.75, 3.05) is 33.3 Å². The van der Waals surface area contributed by atoms with Crippen molar-refractivity contribution in [3.8, 4) is 17.2 Å². The van der Waals surface area contributed by atoms with Gasteiger partial charge in [0.2, 0.25) is 0 Å². The van der Waals surface area contributed by atoms with Gasteiger partial charge in [0.25, 0.3) is 5.56 Å². The predicted octanol–water partition coefficient (Wildman–Crippen LogP) is 2.64. The highest BCUT2D eigenvalue weighted by molar-refractivity contribution is 6.04. The standard InChI is InChI=1S/C27H29N3O7/c1-7-37-26(32)20-19(17-13-16(34-4)14-18(35-5)23(17)36-6)21-24(29(2)27(33)30(3)25(21)31)28-22(20)15-11-9-8-10-12-15/h8-14,19,28H,7H2,1-6H3. The molecule has 0 saturated heterocycles. The molecule has 0 aliphatic carbocycles. The van der Waals surface area contributed by atoms with E-state index in [1.165, 1.54) is 32.9 Å². The van der Waals surface area contributed by atoms with Gasteiger partial charge < -0.3 is 24.3 Å². The Kier molecular flexibility index (Phi) is 7.10. The van der Waals surface area contributed by atoms with Gasteiger partial charge in [0.1, 0.15) is 11.6 Å². The van der Waals surface area contributed by atoms with E-state index in [0.29, 0.717) is 34.1 Å². The number of nitrogens with one attached hydrogen (secondary N) is 1. The number of carbonyl (C=O) groups is 1. The number of esters is 1. The average molecular weight is 508 g/mol. The van der Waals surface area contributed by atoms with Crippen LogP contribution in [-0.4, -0.2) is 43.0 Å². The molecule has 1 aliphatic heterocycles. The van der Waals surface area contributed by atoms with E-state index in [2.05, 4.69) is 5.32 Å². The summed E-state index contributed by atoms with van der Waals surface area (Å²) in [5.41, 5.74) is 0.803. The Labute approximate surface area is 213 Å². The zero-order valence-corrected chi connectivity index (χ0v) is 21.6. The van der Waals surface area contributed by atoms with Crippen LogP contribution in [0.25, 0.3) is 5.70 Å². The van der Waals surface area contributed by atoms with Gasteiger partial charge in [-0.25, -0.2) is 9.59 Å². The minimum absolute atomic E-state index is 0.119. The Balaban J connectivity index is 2.23. The van der Waals surface area contributed by atoms with Gasteiger partial charge in [-0.3, -0.25) is 13.9 Å². The lowest BCUT2D eigenvalue weighted by Crippen LogP contribution is -2.43. The van der Waals surface area contributed by atoms with Crippen molar-refractivity contribution < 1.29 is 23.7 Å². The lowest BCUT2D eigenvalue weighted by Gasteiger charge is -2.33. The summed E-state index contributed by atoms with van der Waals surface area (Å²) in [5.74, 6) is -0.263. The molecule has 2 aromatic carbocycles. The van der Waals surface area contributed by atoms with Gasteiger partial charge in [0.15, 0.2) is 11.5 Å². The number of rotatable bonds is 7. The zero-order valence-electron chi connectivity index (χ0n) is 21.6. The van der Waals surface area contributed by atoms with Crippen molar-refractivity contribution in [2.45, 2.75) is 12.8 Å². The molecule has 10 heteroatoms. The molecule has 0 bridgehead atoms. The Morgan fingerprint density at radius 1 is 0.973 bits per heavy atom. The van der Waals surface area contributed by atoms with E-state index < -0.39 is 23.1 Å². The van der Waals surface area contributed by atoms with E-state index in [-0.39, 0.29) is 23.6 Å². The predicted molar refractivity (Wildman–Crippen MR) is 138 cm³/mol.